The van der Waals surface area contributed by atoms with E-state index in [0.717, 1.165) is 23.1 Å². The first-order valence-electron chi connectivity index (χ1n) is 15.2. The van der Waals surface area contributed by atoms with Crippen LogP contribution in [-0.2, 0) is 33.6 Å². The van der Waals surface area contributed by atoms with Crippen LogP contribution in [0.15, 0.2) is 36.4 Å². The van der Waals surface area contributed by atoms with Gasteiger partial charge in [-0.05, 0) is 54.0 Å². The number of thiocarbonyl (C=S) groups is 1. The number of aromatic amines is 1. The van der Waals surface area contributed by atoms with Crippen LogP contribution in [-0.4, -0.2) is 45.3 Å². The molecule has 0 radical (unpaired) electrons. The lowest BCUT2D eigenvalue weighted by Gasteiger charge is -2.40. The van der Waals surface area contributed by atoms with Gasteiger partial charge in [0.05, 0.1) is 28.0 Å². The number of carbonyl (C=O) groups is 3. The average Bonchev–Trinajstić information content (AvgIpc) is 3.36. The Morgan fingerprint density at radius 3 is 2.38 bits per heavy atom. The molecule has 2 unspecified atom stereocenters. The molecule has 1 aromatic heterocycles. The van der Waals surface area contributed by atoms with E-state index in [1.165, 1.54) is 12.1 Å². The minimum atomic E-state index is -1.41. The lowest BCUT2D eigenvalue weighted by Crippen LogP contribution is -2.67. The van der Waals surface area contributed by atoms with Gasteiger partial charge in [0.25, 0.3) is 0 Å². The molecule has 1 aliphatic rings. The maximum atomic E-state index is 14.3. The van der Waals surface area contributed by atoms with Gasteiger partial charge in [0.2, 0.25) is 17.7 Å². The number of nitrogens with one attached hydrogen (secondary N) is 4. The van der Waals surface area contributed by atoms with Gasteiger partial charge < -0.3 is 26.7 Å². The van der Waals surface area contributed by atoms with E-state index in [1.807, 2.05) is 27.7 Å². The molecule has 4 rings (SSSR count). The molecule has 45 heavy (non-hydrogen) atoms. The second-order valence-corrected chi connectivity index (χ2v) is 13.4. The first-order valence-corrected chi connectivity index (χ1v) is 16.4. The maximum absolute atomic E-state index is 14.3. The number of carbonyl (C=O) groups excluding carboxylic acids is 3. The number of H-pyrrole nitrogens is 1. The number of rotatable bonds is 12. The Hall–Kier alpha value is -3.21. The first-order chi connectivity index (χ1) is 21.3. The highest BCUT2D eigenvalue weighted by Crippen LogP contribution is 2.38. The number of benzene rings is 2. The van der Waals surface area contributed by atoms with E-state index in [1.54, 1.807) is 24.3 Å². The topological polar surface area (TPSA) is 129 Å². The normalized spacial score (nSPS) is 18.7. The lowest BCUT2D eigenvalue weighted by atomic mass is 9.78. The fourth-order valence-electron chi connectivity index (χ4n) is 5.89. The van der Waals surface area contributed by atoms with Crippen molar-refractivity contribution in [3.63, 3.8) is 0 Å². The van der Waals surface area contributed by atoms with Crippen LogP contribution in [0.25, 0.3) is 10.9 Å². The Bertz CT molecular complexity index is 1610. The summed E-state index contributed by atoms with van der Waals surface area (Å²) in [5.41, 5.74) is 7.29. The van der Waals surface area contributed by atoms with Crippen LogP contribution >= 0.6 is 35.4 Å². The van der Waals surface area contributed by atoms with Crippen LogP contribution in [0.1, 0.15) is 63.8 Å². The largest absolute Gasteiger partial charge is 0.392 e. The number of aromatic nitrogens is 1. The van der Waals surface area contributed by atoms with Gasteiger partial charge in [-0.3, -0.25) is 14.4 Å². The number of halogens is 3. The molecule has 8 nitrogen and oxygen atoms in total. The maximum Gasteiger partial charge on any atom is 0.246 e. The van der Waals surface area contributed by atoms with Crippen molar-refractivity contribution in [2.75, 3.05) is 0 Å². The summed E-state index contributed by atoms with van der Waals surface area (Å²) in [7, 11) is 0. The van der Waals surface area contributed by atoms with Crippen LogP contribution in [0, 0.1) is 17.7 Å². The van der Waals surface area contributed by atoms with Gasteiger partial charge >= 0.3 is 0 Å². The van der Waals surface area contributed by atoms with Crippen LogP contribution in [0.5, 0.6) is 0 Å². The molecule has 0 bridgehead atoms. The fourth-order valence-corrected chi connectivity index (χ4v) is 6.72. The summed E-state index contributed by atoms with van der Waals surface area (Å²) in [4.78, 5) is 45.1. The summed E-state index contributed by atoms with van der Waals surface area (Å²) in [6.07, 6.45) is 1.88. The van der Waals surface area contributed by atoms with Gasteiger partial charge in [-0.1, -0.05) is 94.2 Å². The highest BCUT2D eigenvalue weighted by molar-refractivity contribution is 7.80. The molecule has 3 aromatic rings. The van der Waals surface area contributed by atoms with Crippen LogP contribution in [0.4, 0.5) is 4.39 Å². The monoisotopic (exact) mass is 675 g/mol. The van der Waals surface area contributed by atoms with Gasteiger partial charge in [-0.2, -0.15) is 0 Å². The Kier molecular flexibility index (Phi) is 11.2. The zero-order valence-corrected chi connectivity index (χ0v) is 28.2. The summed E-state index contributed by atoms with van der Waals surface area (Å²) in [5.74, 6) is -2.29. The molecule has 2 aromatic carbocycles. The molecule has 3 amide bonds. The van der Waals surface area contributed by atoms with Crippen molar-refractivity contribution in [2.45, 2.75) is 83.8 Å². The second-order valence-electron chi connectivity index (χ2n) is 12.1. The fraction of sp³-hybridized carbons (Fsp3) is 0.455. The van der Waals surface area contributed by atoms with E-state index >= 15 is 0 Å². The third-order valence-corrected chi connectivity index (χ3v) is 9.79. The zero-order chi connectivity index (χ0) is 33.1. The molecule has 12 heteroatoms. The van der Waals surface area contributed by atoms with Gasteiger partial charge in [-0.15, -0.1) is 0 Å². The van der Waals surface area contributed by atoms with Crippen LogP contribution in [0.2, 0.25) is 10.0 Å². The van der Waals surface area contributed by atoms with Crippen molar-refractivity contribution in [3.05, 3.63) is 69.1 Å². The van der Waals surface area contributed by atoms with Crippen LogP contribution in [0.3, 0.4) is 0 Å². The van der Waals surface area contributed by atoms with Gasteiger partial charge in [0, 0.05) is 22.5 Å². The molecule has 1 heterocycles. The van der Waals surface area contributed by atoms with E-state index in [9.17, 15) is 18.8 Å². The van der Waals surface area contributed by atoms with Crippen molar-refractivity contribution >= 4 is 69.0 Å². The summed E-state index contributed by atoms with van der Waals surface area (Å²) < 4.78 is 14.3. The number of nitrogens with two attached hydrogens (primary N) is 1. The molecule has 5 atom stereocenters. The van der Waals surface area contributed by atoms with E-state index in [0.29, 0.717) is 28.4 Å². The number of hydrogen-bond acceptors (Lipinski definition) is 4. The smallest absolute Gasteiger partial charge is 0.246 e. The van der Waals surface area contributed by atoms with Crippen molar-refractivity contribution in [2.24, 2.45) is 17.6 Å². The van der Waals surface area contributed by atoms with E-state index in [-0.39, 0.29) is 41.7 Å². The average molecular weight is 677 g/mol. The van der Waals surface area contributed by atoms with E-state index < -0.39 is 41.2 Å². The predicted molar refractivity (Wildman–Crippen MR) is 181 cm³/mol. The van der Waals surface area contributed by atoms with Gasteiger partial charge in [0.15, 0.2) is 0 Å². The van der Waals surface area contributed by atoms with Gasteiger partial charge in [0.1, 0.15) is 17.4 Å². The summed E-state index contributed by atoms with van der Waals surface area (Å²) >= 11 is 18.2. The molecular formula is C33H40Cl2FN5O3S. The van der Waals surface area contributed by atoms with Crippen LogP contribution < -0.4 is 21.7 Å². The van der Waals surface area contributed by atoms with Crippen molar-refractivity contribution in [1.82, 2.24) is 20.9 Å². The highest BCUT2D eigenvalue weighted by Gasteiger charge is 2.46. The van der Waals surface area contributed by atoms with Gasteiger partial charge in [-0.25, -0.2) is 4.39 Å². The molecule has 0 saturated carbocycles. The molecule has 1 aliphatic carbocycles. The third kappa shape index (κ3) is 7.61. The van der Waals surface area contributed by atoms with Crippen molar-refractivity contribution in [3.8, 4) is 0 Å². The number of aryl methyl sites for hydroxylation is 1. The highest BCUT2D eigenvalue weighted by atomic mass is 35.5. The Labute approximate surface area is 278 Å². The first kappa shape index (κ1) is 34.7. The minimum absolute atomic E-state index is 0.0467. The Morgan fingerprint density at radius 2 is 1.73 bits per heavy atom. The SMILES string of the molecule is CCC(C)[C@H](NC(=O)Cc1ccccc1F)C(=O)N[C@]1(C(=O)NC(C(N)=S)[C@@H](C)CC)CCc2[nH]c3c(Cl)cc(Cl)cc3c2C1. The zero-order valence-electron chi connectivity index (χ0n) is 25.9. The van der Waals surface area contributed by atoms with E-state index in [4.69, 9.17) is 41.2 Å². The molecule has 0 fully saturated rings. The standard InChI is InChI=1S/C33H40Cl2FN5O3S/c1-5-17(3)27(30(37)45)40-32(44)33(12-11-25-22(16-33)21-14-20(34)15-23(35)29(21)38-25)41-31(43)28(18(4)6-2)39-26(42)13-19-9-7-8-10-24(19)36/h7-10,14-15,17-18,27-28,38H,5-6,11-13,16H2,1-4H3,(H2,37,45)(H,39,42)(H,40,44)(H,41,43)/t17-,18?,27?,28-,33+/m0/s1. The quantitative estimate of drug-likeness (QED) is 0.161. The third-order valence-electron chi connectivity index (χ3n) is 9.02. The Balaban J connectivity index is 1.70. The predicted octanol–water partition coefficient (Wildman–Crippen LogP) is 5.55. The van der Waals surface area contributed by atoms with E-state index in [2.05, 4.69) is 20.9 Å². The minimum Gasteiger partial charge on any atom is -0.392 e. The molecule has 242 valence electrons. The molecule has 6 N–H and O–H groups in total. The Morgan fingerprint density at radius 1 is 1.07 bits per heavy atom. The summed E-state index contributed by atoms with van der Waals surface area (Å²) in [6, 6.07) is 7.87. The number of hydrogen-bond donors (Lipinski definition) is 5. The molecular weight excluding hydrogens is 636 g/mol. The summed E-state index contributed by atoms with van der Waals surface area (Å²) in [6.45, 7) is 7.67. The molecule has 0 aliphatic heterocycles. The van der Waals surface area contributed by atoms with Crippen molar-refractivity contribution < 1.29 is 18.8 Å². The van der Waals surface area contributed by atoms with Crippen molar-refractivity contribution in [1.29, 1.82) is 0 Å². The summed E-state index contributed by atoms with van der Waals surface area (Å²) in [5, 5.41) is 10.5. The number of amides is 3. The second kappa shape index (κ2) is 14.5. The lowest BCUT2D eigenvalue weighted by molar-refractivity contribution is -0.137. The molecule has 0 saturated heterocycles. The number of fused-ring (bicyclic) bond motifs is 3. The molecule has 0 spiro atoms.